The molecule has 3 aromatic heterocycles. The van der Waals surface area contributed by atoms with Crippen LogP contribution in [0.15, 0.2) is 60.0 Å². The third-order valence-electron chi connectivity index (χ3n) is 6.31. The summed E-state index contributed by atoms with van der Waals surface area (Å²) in [7, 11) is 0. The summed E-state index contributed by atoms with van der Waals surface area (Å²) in [5, 5.41) is 7.01. The largest absolute Gasteiger partial charge is 0.324 e. The van der Waals surface area contributed by atoms with Crippen molar-refractivity contribution in [2.24, 2.45) is 0 Å². The van der Waals surface area contributed by atoms with Gasteiger partial charge in [-0.25, -0.2) is 19.3 Å². The Morgan fingerprint density at radius 2 is 2.09 bits per heavy atom. The first-order valence-electron chi connectivity index (χ1n) is 11.6. The summed E-state index contributed by atoms with van der Waals surface area (Å²) in [4.78, 5) is 27.0. The molecule has 0 bridgehead atoms. The average molecular weight is 474 g/mol. The van der Waals surface area contributed by atoms with Crippen LogP contribution in [0.5, 0.6) is 0 Å². The Labute approximate surface area is 202 Å². The van der Waals surface area contributed by atoms with Crippen LogP contribution in [-0.2, 0) is 24.9 Å². The molecule has 4 aromatic rings. The summed E-state index contributed by atoms with van der Waals surface area (Å²) in [5.41, 5.74) is 3.45. The predicted molar refractivity (Wildman–Crippen MR) is 135 cm³/mol. The van der Waals surface area contributed by atoms with Crippen LogP contribution in [0.3, 0.4) is 0 Å². The molecule has 0 fully saturated rings. The molecule has 4 heterocycles. The highest BCUT2D eigenvalue weighted by atomic mass is 19.1. The van der Waals surface area contributed by atoms with Gasteiger partial charge in [0.15, 0.2) is 11.5 Å². The molecule has 1 aromatic carbocycles. The van der Waals surface area contributed by atoms with Crippen LogP contribution in [-0.4, -0.2) is 37.5 Å². The summed E-state index contributed by atoms with van der Waals surface area (Å²) in [6, 6.07) is 11.6. The molecule has 5 rings (SSSR count). The number of aromatic nitrogens is 5. The third kappa shape index (κ3) is 4.23. The Morgan fingerprint density at radius 3 is 2.89 bits per heavy atom. The van der Waals surface area contributed by atoms with E-state index in [-0.39, 0.29) is 12.1 Å². The second kappa shape index (κ2) is 9.07. The quantitative estimate of drug-likeness (QED) is 0.397. The molecule has 180 valence electrons. The lowest BCUT2D eigenvalue weighted by atomic mass is 9.90. The highest BCUT2D eigenvalue weighted by Gasteiger charge is 2.24. The lowest BCUT2D eigenvalue weighted by Crippen LogP contribution is -2.25. The molecule has 0 saturated heterocycles. The Bertz CT molecular complexity index is 1470. The molecule has 0 saturated carbocycles. The van der Waals surface area contributed by atoms with Gasteiger partial charge in [0.2, 0.25) is 5.95 Å². The molecule has 1 aliphatic rings. The number of rotatable bonds is 7. The molecule has 8 nitrogen and oxygen atoms in total. The SMILES string of the molecule is C=CCn1c(=O)c2cnc(Nc3ccc4c(c3)CNCC4)nc2n1-c1cccc(C(C)(C)CF)n1. The van der Waals surface area contributed by atoms with E-state index in [9.17, 15) is 9.18 Å². The van der Waals surface area contributed by atoms with Gasteiger partial charge in [0.05, 0.1) is 12.2 Å². The molecule has 1 aliphatic heterocycles. The molecule has 35 heavy (non-hydrogen) atoms. The van der Waals surface area contributed by atoms with Crippen LogP contribution in [0, 0.1) is 0 Å². The number of hydrogen-bond acceptors (Lipinski definition) is 6. The zero-order valence-corrected chi connectivity index (χ0v) is 19.9. The number of hydrogen-bond donors (Lipinski definition) is 2. The standard InChI is InChI=1S/C26H28FN7O/c1-4-12-33-24(35)20-15-29-25(30-19-9-8-17-10-11-28-14-18(17)13-19)32-23(20)34(33)22-7-5-6-21(31-22)26(2,3)16-27/h4-9,13,15,28H,1,10-12,14,16H2,2-3H3,(H,29,30,32). The summed E-state index contributed by atoms with van der Waals surface area (Å²) < 4.78 is 16.8. The molecule has 0 aliphatic carbocycles. The number of halogens is 1. The van der Waals surface area contributed by atoms with E-state index in [0.29, 0.717) is 28.5 Å². The monoisotopic (exact) mass is 473 g/mol. The Kier molecular flexibility index (Phi) is 5.94. The van der Waals surface area contributed by atoms with Crippen molar-refractivity contribution in [3.63, 3.8) is 0 Å². The van der Waals surface area contributed by atoms with Gasteiger partial charge in [0.1, 0.15) is 12.1 Å². The van der Waals surface area contributed by atoms with Crippen molar-refractivity contribution in [3.05, 3.63) is 82.4 Å². The first-order chi connectivity index (χ1) is 16.9. The zero-order chi connectivity index (χ0) is 24.6. The topological polar surface area (TPSA) is 89.7 Å². The number of alkyl halides is 1. The summed E-state index contributed by atoms with van der Waals surface area (Å²) >= 11 is 0. The number of fused-ring (bicyclic) bond motifs is 2. The second-order valence-electron chi connectivity index (χ2n) is 9.35. The van der Waals surface area contributed by atoms with E-state index in [0.717, 1.165) is 25.2 Å². The van der Waals surface area contributed by atoms with E-state index < -0.39 is 12.1 Å². The molecule has 9 heteroatoms. The van der Waals surface area contributed by atoms with Gasteiger partial charge in [-0.1, -0.05) is 32.1 Å². The Hall–Kier alpha value is -3.85. The van der Waals surface area contributed by atoms with E-state index in [1.54, 1.807) is 36.7 Å². The molecule has 0 radical (unpaired) electrons. The number of allylic oxidation sites excluding steroid dienone is 1. The summed E-state index contributed by atoms with van der Waals surface area (Å²) in [6.07, 6.45) is 4.17. The number of benzene rings is 1. The van der Waals surface area contributed by atoms with Gasteiger partial charge in [0, 0.05) is 23.8 Å². The van der Waals surface area contributed by atoms with Crippen molar-refractivity contribution in [1.82, 2.24) is 29.6 Å². The Balaban J connectivity index is 1.61. The van der Waals surface area contributed by atoms with Gasteiger partial charge in [-0.3, -0.25) is 9.18 Å². The van der Waals surface area contributed by atoms with Gasteiger partial charge in [-0.2, -0.15) is 4.98 Å². The molecule has 0 amide bonds. The smallest absolute Gasteiger partial charge is 0.278 e. The number of nitrogens with one attached hydrogen (secondary N) is 2. The van der Waals surface area contributed by atoms with Crippen molar-refractivity contribution in [1.29, 1.82) is 0 Å². The highest BCUT2D eigenvalue weighted by Crippen LogP contribution is 2.25. The zero-order valence-electron chi connectivity index (χ0n) is 19.9. The van der Waals surface area contributed by atoms with Crippen LogP contribution in [0.1, 0.15) is 30.7 Å². The number of nitrogens with zero attached hydrogens (tertiary/aromatic N) is 5. The number of pyridine rings is 1. The lowest BCUT2D eigenvalue weighted by molar-refractivity contribution is 0.344. The van der Waals surface area contributed by atoms with Crippen molar-refractivity contribution >= 4 is 22.7 Å². The van der Waals surface area contributed by atoms with Gasteiger partial charge in [0.25, 0.3) is 5.56 Å². The van der Waals surface area contributed by atoms with Crippen molar-refractivity contribution in [3.8, 4) is 5.82 Å². The average Bonchev–Trinajstić information content (AvgIpc) is 3.15. The minimum Gasteiger partial charge on any atom is -0.324 e. The highest BCUT2D eigenvalue weighted by molar-refractivity contribution is 5.77. The fourth-order valence-corrected chi connectivity index (χ4v) is 4.28. The van der Waals surface area contributed by atoms with Gasteiger partial charge in [-0.05, 0) is 48.4 Å². The Morgan fingerprint density at radius 1 is 1.23 bits per heavy atom. The van der Waals surface area contributed by atoms with Gasteiger partial charge >= 0.3 is 0 Å². The minimum atomic E-state index is -0.758. The van der Waals surface area contributed by atoms with Gasteiger partial charge < -0.3 is 10.6 Å². The van der Waals surface area contributed by atoms with Crippen molar-refractivity contribution in [2.45, 2.75) is 38.8 Å². The molecule has 2 N–H and O–H groups in total. The van der Waals surface area contributed by atoms with E-state index >= 15 is 0 Å². The van der Waals surface area contributed by atoms with Crippen molar-refractivity contribution in [2.75, 3.05) is 18.5 Å². The van der Waals surface area contributed by atoms with Crippen molar-refractivity contribution < 1.29 is 4.39 Å². The molecule has 0 spiro atoms. The van der Waals surface area contributed by atoms with E-state index in [1.807, 2.05) is 12.1 Å². The summed E-state index contributed by atoms with van der Waals surface area (Å²) in [5.74, 6) is 0.841. The maximum atomic E-state index is 13.7. The minimum absolute atomic E-state index is 0.247. The van der Waals surface area contributed by atoms with E-state index in [4.69, 9.17) is 9.97 Å². The maximum Gasteiger partial charge on any atom is 0.278 e. The molecule has 0 atom stereocenters. The van der Waals surface area contributed by atoms with E-state index in [1.165, 1.54) is 22.0 Å². The van der Waals surface area contributed by atoms with Crippen LogP contribution >= 0.6 is 0 Å². The van der Waals surface area contributed by atoms with Crippen LogP contribution in [0.2, 0.25) is 0 Å². The molecular weight excluding hydrogens is 445 g/mol. The maximum absolute atomic E-state index is 13.7. The predicted octanol–water partition coefficient (Wildman–Crippen LogP) is 3.80. The van der Waals surface area contributed by atoms with E-state index in [2.05, 4.69) is 34.3 Å². The van der Waals surface area contributed by atoms with Gasteiger partial charge in [-0.15, -0.1) is 6.58 Å². The lowest BCUT2D eigenvalue weighted by Gasteiger charge is -2.21. The second-order valence-corrected chi connectivity index (χ2v) is 9.35. The van der Waals surface area contributed by atoms with Crippen LogP contribution in [0.4, 0.5) is 16.0 Å². The fraction of sp³-hybridized carbons (Fsp3) is 0.308. The van der Waals surface area contributed by atoms with Crippen LogP contribution < -0.4 is 16.2 Å². The summed E-state index contributed by atoms with van der Waals surface area (Å²) in [6.45, 7) is 8.88. The third-order valence-corrected chi connectivity index (χ3v) is 6.31. The fourth-order valence-electron chi connectivity index (χ4n) is 4.28. The first-order valence-corrected chi connectivity index (χ1v) is 11.6. The first kappa shape index (κ1) is 22.9. The molecular formula is C26H28FN7O. The normalized spacial score (nSPS) is 13.6. The van der Waals surface area contributed by atoms with Crippen LogP contribution in [0.25, 0.3) is 16.9 Å². The number of anilines is 2. The molecule has 0 unspecified atom stereocenters.